The lowest BCUT2D eigenvalue weighted by Gasteiger charge is -2.11. The first-order chi connectivity index (χ1) is 7.15. The first-order valence-corrected chi connectivity index (χ1v) is 5.63. The number of para-hydroxylation sites is 1. The van der Waals surface area contributed by atoms with E-state index in [-0.39, 0.29) is 0 Å². The zero-order chi connectivity index (χ0) is 11.3. The highest BCUT2D eigenvalue weighted by Crippen LogP contribution is 2.20. The van der Waals surface area contributed by atoms with Crippen molar-refractivity contribution in [2.24, 2.45) is 5.92 Å². The maximum absolute atomic E-state index is 9.78. The Morgan fingerprint density at radius 1 is 1.40 bits per heavy atom. The molecule has 15 heavy (non-hydrogen) atoms. The van der Waals surface area contributed by atoms with Crippen molar-refractivity contribution in [2.45, 2.75) is 33.7 Å². The molecule has 0 amide bonds. The van der Waals surface area contributed by atoms with Crippen LogP contribution in [0.15, 0.2) is 18.2 Å². The van der Waals surface area contributed by atoms with Gasteiger partial charge in [-0.2, -0.15) is 0 Å². The van der Waals surface area contributed by atoms with E-state index in [1.807, 2.05) is 25.1 Å². The zero-order valence-electron chi connectivity index (χ0n) is 9.88. The molecular weight excluding hydrogens is 186 g/mol. The Labute approximate surface area is 92.3 Å². The highest BCUT2D eigenvalue weighted by atomic mass is 16.3. The number of hydrogen-bond donors (Lipinski definition) is 2. The van der Waals surface area contributed by atoms with Gasteiger partial charge in [0.1, 0.15) is 5.75 Å². The van der Waals surface area contributed by atoms with Gasteiger partial charge < -0.3 is 10.4 Å². The zero-order valence-corrected chi connectivity index (χ0v) is 9.88. The third-order valence-corrected chi connectivity index (χ3v) is 2.83. The summed E-state index contributed by atoms with van der Waals surface area (Å²) in [5, 5.41) is 13.1. The van der Waals surface area contributed by atoms with Crippen LogP contribution in [0, 0.1) is 12.8 Å². The summed E-state index contributed by atoms with van der Waals surface area (Å²) < 4.78 is 0. The summed E-state index contributed by atoms with van der Waals surface area (Å²) in [5.74, 6) is 1.12. The van der Waals surface area contributed by atoms with Crippen molar-refractivity contribution in [3.63, 3.8) is 0 Å². The maximum Gasteiger partial charge on any atom is 0.122 e. The van der Waals surface area contributed by atoms with E-state index in [2.05, 4.69) is 19.2 Å². The van der Waals surface area contributed by atoms with Crippen LogP contribution in [0.3, 0.4) is 0 Å². The molecule has 1 aromatic carbocycles. The van der Waals surface area contributed by atoms with Gasteiger partial charge in [-0.15, -0.1) is 0 Å². The Hall–Kier alpha value is -1.02. The molecule has 0 heterocycles. The van der Waals surface area contributed by atoms with E-state index in [0.29, 0.717) is 11.7 Å². The molecule has 1 aromatic rings. The van der Waals surface area contributed by atoms with Crippen LogP contribution in [0.25, 0.3) is 0 Å². The van der Waals surface area contributed by atoms with Gasteiger partial charge >= 0.3 is 0 Å². The standard InChI is InChI=1S/C13H21NO/c1-4-10(2)8-14-9-12-7-5-6-11(3)13(12)15/h5-7,10,14-15H,4,8-9H2,1-3H3. The number of rotatable bonds is 5. The molecule has 0 radical (unpaired) electrons. The Morgan fingerprint density at radius 2 is 2.13 bits per heavy atom. The fourth-order valence-electron chi connectivity index (χ4n) is 1.46. The average molecular weight is 207 g/mol. The number of hydrogen-bond acceptors (Lipinski definition) is 2. The van der Waals surface area contributed by atoms with E-state index in [0.717, 1.165) is 24.2 Å². The van der Waals surface area contributed by atoms with Gasteiger partial charge in [0, 0.05) is 12.1 Å². The second kappa shape index (κ2) is 5.76. The van der Waals surface area contributed by atoms with Gasteiger partial charge in [-0.3, -0.25) is 0 Å². The van der Waals surface area contributed by atoms with Gasteiger partial charge in [-0.1, -0.05) is 38.5 Å². The Bertz CT molecular complexity index is 309. The number of nitrogens with one attached hydrogen (secondary N) is 1. The van der Waals surface area contributed by atoms with Crippen molar-refractivity contribution >= 4 is 0 Å². The van der Waals surface area contributed by atoms with Gasteiger partial charge in [-0.05, 0) is 24.9 Å². The van der Waals surface area contributed by atoms with Crippen molar-refractivity contribution in [1.29, 1.82) is 0 Å². The summed E-state index contributed by atoms with van der Waals surface area (Å²) in [6.45, 7) is 8.09. The lowest BCUT2D eigenvalue weighted by atomic mass is 10.1. The minimum Gasteiger partial charge on any atom is -0.507 e. The van der Waals surface area contributed by atoms with E-state index >= 15 is 0 Å². The minimum absolute atomic E-state index is 0.425. The van der Waals surface area contributed by atoms with E-state index < -0.39 is 0 Å². The normalized spacial score (nSPS) is 12.7. The van der Waals surface area contributed by atoms with E-state index in [4.69, 9.17) is 0 Å². The molecule has 84 valence electrons. The van der Waals surface area contributed by atoms with Crippen molar-refractivity contribution in [3.05, 3.63) is 29.3 Å². The van der Waals surface area contributed by atoms with Gasteiger partial charge in [0.2, 0.25) is 0 Å². The molecule has 2 N–H and O–H groups in total. The Balaban J connectivity index is 2.47. The molecule has 0 aromatic heterocycles. The summed E-state index contributed by atoms with van der Waals surface area (Å²) in [4.78, 5) is 0. The van der Waals surface area contributed by atoms with Gasteiger partial charge in [0.05, 0.1) is 0 Å². The molecule has 0 saturated carbocycles. The molecule has 0 saturated heterocycles. The Kier molecular flexibility index (Phi) is 4.63. The molecule has 0 spiro atoms. The summed E-state index contributed by atoms with van der Waals surface area (Å²) in [5.41, 5.74) is 1.93. The SMILES string of the molecule is CCC(C)CNCc1cccc(C)c1O. The van der Waals surface area contributed by atoms with E-state index in [1.54, 1.807) is 0 Å². The van der Waals surface area contributed by atoms with Crippen molar-refractivity contribution in [3.8, 4) is 5.75 Å². The molecule has 2 heteroatoms. The van der Waals surface area contributed by atoms with Crippen molar-refractivity contribution < 1.29 is 5.11 Å². The molecule has 2 nitrogen and oxygen atoms in total. The number of benzene rings is 1. The highest BCUT2D eigenvalue weighted by Gasteiger charge is 2.03. The van der Waals surface area contributed by atoms with E-state index in [1.165, 1.54) is 6.42 Å². The van der Waals surface area contributed by atoms with Crippen LogP contribution >= 0.6 is 0 Å². The van der Waals surface area contributed by atoms with Gasteiger partial charge in [0.15, 0.2) is 0 Å². The molecule has 1 atom stereocenters. The highest BCUT2D eigenvalue weighted by molar-refractivity contribution is 5.39. The number of phenolic OH excluding ortho intramolecular Hbond substituents is 1. The lowest BCUT2D eigenvalue weighted by Crippen LogP contribution is -2.20. The summed E-state index contributed by atoms with van der Waals surface area (Å²) >= 11 is 0. The van der Waals surface area contributed by atoms with Gasteiger partial charge in [-0.25, -0.2) is 0 Å². The maximum atomic E-state index is 9.78. The fourth-order valence-corrected chi connectivity index (χ4v) is 1.46. The fraction of sp³-hybridized carbons (Fsp3) is 0.538. The topological polar surface area (TPSA) is 32.3 Å². The van der Waals surface area contributed by atoms with E-state index in [9.17, 15) is 5.11 Å². The summed E-state index contributed by atoms with van der Waals surface area (Å²) in [6.07, 6.45) is 1.19. The lowest BCUT2D eigenvalue weighted by molar-refractivity contribution is 0.453. The predicted octanol–water partition coefficient (Wildman–Crippen LogP) is 2.84. The molecular formula is C13H21NO. The quantitative estimate of drug-likeness (QED) is 0.778. The number of phenols is 1. The molecule has 0 bridgehead atoms. The van der Waals surface area contributed by atoms with Gasteiger partial charge in [0.25, 0.3) is 0 Å². The average Bonchev–Trinajstić information content (AvgIpc) is 2.24. The second-order valence-electron chi connectivity index (χ2n) is 4.23. The molecule has 0 fully saturated rings. The first-order valence-electron chi connectivity index (χ1n) is 5.63. The molecule has 1 unspecified atom stereocenters. The molecule has 0 aliphatic rings. The molecule has 1 rings (SSSR count). The third kappa shape index (κ3) is 3.56. The predicted molar refractivity (Wildman–Crippen MR) is 64.0 cm³/mol. The Morgan fingerprint density at radius 3 is 2.80 bits per heavy atom. The monoisotopic (exact) mass is 207 g/mol. The largest absolute Gasteiger partial charge is 0.507 e. The first kappa shape index (κ1) is 12.1. The number of aryl methyl sites for hydroxylation is 1. The van der Waals surface area contributed by atoms with Crippen molar-refractivity contribution in [1.82, 2.24) is 5.32 Å². The summed E-state index contributed by atoms with van der Waals surface area (Å²) in [6, 6.07) is 5.87. The van der Waals surface area contributed by atoms with Crippen LogP contribution in [0.2, 0.25) is 0 Å². The van der Waals surface area contributed by atoms with Crippen LogP contribution in [0.4, 0.5) is 0 Å². The van der Waals surface area contributed by atoms with Crippen LogP contribution in [0.1, 0.15) is 31.4 Å². The van der Waals surface area contributed by atoms with Crippen LogP contribution in [-0.4, -0.2) is 11.7 Å². The smallest absolute Gasteiger partial charge is 0.122 e. The molecule has 0 aliphatic heterocycles. The third-order valence-electron chi connectivity index (χ3n) is 2.83. The second-order valence-corrected chi connectivity index (χ2v) is 4.23. The minimum atomic E-state index is 0.425. The molecule has 0 aliphatic carbocycles. The van der Waals surface area contributed by atoms with Crippen LogP contribution in [0.5, 0.6) is 5.75 Å². The van der Waals surface area contributed by atoms with Crippen LogP contribution in [-0.2, 0) is 6.54 Å². The van der Waals surface area contributed by atoms with Crippen molar-refractivity contribution in [2.75, 3.05) is 6.54 Å². The van der Waals surface area contributed by atoms with Crippen LogP contribution < -0.4 is 5.32 Å². The number of aromatic hydroxyl groups is 1. The summed E-state index contributed by atoms with van der Waals surface area (Å²) in [7, 11) is 0.